The minimum absolute atomic E-state index is 0.0361. The summed E-state index contributed by atoms with van der Waals surface area (Å²) in [6.07, 6.45) is 2.07. The van der Waals surface area contributed by atoms with Gasteiger partial charge >= 0.3 is 5.69 Å². The standard InChI is InChI=1S/C25H29ClFN3O3/c1-15(2)11-17(28)12-30-24(31)20(18-8-6-10-22(33-4)23(18)26)14-29(25(30)32)13-19-16(3)7-5-9-21(19)27/h5-10,14-15,17H,11-13,28H2,1-4H3/t17-/m1/s1. The molecule has 0 unspecified atom stereocenters. The van der Waals surface area contributed by atoms with Crippen LogP contribution in [0.2, 0.25) is 5.02 Å². The molecular weight excluding hydrogens is 445 g/mol. The number of aryl methyl sites for hydroxylation is 1. The zero-order valence-electron chi connectivity index (χ0n) is 19.3. The predicted octanol–water partition coefficient (Wildman–Crippen LogP) is 4.21. The third-order valence-electron chi connectivity index (χ3n) is 5.58. The molecule has 8 heteroatoms. The number of rotatable bonds is 8. The van der Waals surface area contributed by atoms with E-state index in [0.29, 0.717) is 34.8 Å². The van der Waals surface area contributed by atoms with Crippen LogP contribution in [0.4, 0.5) is 4.39 Å². The zero-order valence-corrected chi connectivity index (χ0v) is 20.0. The molecule has 0 bridgehead atoms. The highest BCUT2D eigenvalue weighted by Crippen LogP contribution is 2.33. The lowest BCUT2D eigenvalue weighted by molar-refractivity contribution is 0.415. The van der Waals surface area contributed by atoms with Gasteiger partial charge in [0.15, 0.2) is 0 Å². The van der Waals surface area contributed by atoms with Crippen molar-refractivity contribution >= 4 is 11.6 Å². The Bertz CT molecular complexity index is 1250. The number of benzene rings is 2. The summed E-state index contributed by atoms with van der Waals surface area (Å²) < 4.78 is 22.3. The molecule has 0 aliphatic rings. The quantitative estimate of drug-likeness (QED) is 0.531. The predicted molar refractivity (Wildman–Crippen MR) is 130 cm³/mol. The van der Waals surface area contributed by atoms with Crippen LogP contribution in [-0.4, -0.2) is 22.3 Å². The Labute approximate surface area is 197 Å². The van der Waals surface area contributed by atoms with Crippen LogP contribution in [0.3, 0.4) is 0 Å². The molecule has 0 saturated carbocycles. The summed E-state index contributed by atoms with van der Waals surface area (Å²) >= 11 is 6.50. The van der Waals surface area contributed by atoms with Crippen molar-refractivity contribution in [3.05, 3.63) is 85.4 Å². The average Bonchev–Trinajstić information content (AvgIpc) is 2.75. The molecule has 0 aliphatic heterocycles. The number of hydrogen-bond donors (Lipinski definition) is 1. The lowest BCUT2D eigenvalue weighted by Crippen LogP contribution is -2.45. The Balaban J connectivity index is 2.23. The van der Waals surface area contributed by atoms with Crippen LogP contribution in [0, 0.1) is 18.7 Å². The smallest absolute Gasteiger partial charge is 0.331 e. The zero-order chi connectivity index (χ0) is 24.3. The van der Waals surface area contributed by atoms with E-state index < -0.39 is 23.1 Å². The molecule has 2 N–H and O–H groups in total. The number of methoxy groups -OCH3 is 1. The minimum atomic E-state index is -0.551. The number of nitrogens with zero attached hydrogens (tertiary/aromatic N) is 2. The molecule has 3 rings (SSSR count). The molecule has 0 aliphatic carbocycles. The fraction of sp³-hybridized carbons (Fsp3) is 0.360. The Morgan fingerprint density at radius 3 is 2.45 bits per heavy atom. The number of aromatic nitrogens is 2. The van der Waals surface area contributed by atoms with Gasteiger partial charge in [0.25, 0.3) is 5.56 Å². The van der Waals surface area contributed by atoms with E-state index in [2.05, 4.69) is 0 Å². The van der Waals surface area contributed by atoms with Gasteiger partial charge in [-0.15, -0.1) is 0 Å². The van der Waals surface area contributed by atoms with E-state index in [1.54, 1.807) is 37.3 Å². The number of halogens is 2. The fourth-order valence-corrected chi connectivity index (χ4v) is 4.25. The molecule has 6 nitrogen and oxygen atoms in total. The Morgan fingerprint density at radius 1 is 1.12 bits per heavy atom. The van der Waals surface area contributed by atoms with Gasteiger partial charge in [-0.05, 0) is 37.0 Å². The van der Waals surface area contributed by atoms with Crippen LogP contribution in [0.1, 0.15) is 31.4 Å². The van der Waals surface area contributed by atoms with Crippen molar-refractivity contribution in [3.63, 3.8) is 0 Å². The first kappa shape index (κ1) is 24.7. The molecule has 1 aromatic heterocycles. The van der Waals surface area contributed by atoms with Crippen LogP contribution < -0.4 is 21.7 Å². The van der Waals surface area contributed by atoms with Gasteiger partial charge in [0.1, 0.15) is 11.6 Å². The SMILES string of the molecule is COc1cccc(-c2cn(Cc3c(C)cccc3F)c(=O)n(C[C@H](N)CC(C)C)c2=O)c1Cl. The third-order valence-corrected chi connectivity index (χ3v) is 5.97. The van der Waals surface area contributed by atoms with Gasteiger partial charge in [-0.25, -0.2) is 9.18 Å². The second kappa shape index (κ2) is 10.4. The van der Waals surface area contributed by atoms with E-state index in [0.717, 1.165) is 4.57 Å². The highest BCUT2D eigenvalue weighted by atomic mass is 35.5. The van der Waals surface area contributed by atoms with Crippen molar-refractivity contribution in [1.82, 2.24) is 9.13 Å². The molecular formula is C25H29ClFN3O3. The first-order valence-electron chi connectivity index (χ1n) is 10.8. The molecule has 33 heavy (non-hydrogen) atoms. The molecule has 2 aromatic carbocycles. The van der Waals surface area contributed by atoms with Crippen LogP contribution >= 0.6 is 11.6 Å². The maximum Gasteiger partial charge on any atom is 0.331 e. The van der Waals surface area contributed by atoms with Crippen LogP contribution in [0.15, 0.2) is 52.2 Å². The molecule has 0 fully saturated rings. The lowest BCUT2D eigenvalue weighted by Gasteiger charge is -2.19. The summed E-state index contributed by atoms with van der Waals surface area (Å²) in [5, 5.41) is 0.252. The van der Waals surface area contributed by atoms with Crippen LogP contribution in [0.25, 0.3) is 11.1 Å². The number of ether oxygens (including phenoxy) is 1. The lowest BCUT2D eigenvalue weighted by atomic mass is 10.0. The molecule has 0 spiro atoms. The molecule has 0 saturated heterocycles. The Hall–Kier alpha value is -2.90. The maximum absolute atomic E-state index is 14.5. The summed E-state index contributed by atoms with van der Waals surface area (Å²) in [6.45, 7) is 5.83. The first-order valence-corrected chi connectivity index (χ1v) is 11.2. The fourth-order valence-electron chi connectivity index (χ4n) is 3.94. The van der Waals surface area contributed by atoms with E-state index in [-0.39, 0.29) is 23.7 Å². The summed E-state index contributed by atoms with van der Waals surface area (Å²) in [4.78, 5) is 26.7. The monoisotopic (exact) mass is 473 g/mol. The van der Waals surface area contributed by atoms with E-state index in [1.807, 2.05) is 13.8 Å². The molecule has 1 atom stereocenters. The van der Waals surface area contributed by atoms with E-state index in [4.69, 9.17) is 22.1 Å². The third kappa shape index (κ3) is 5.37. The van der Waals surface area contributed by atoms with Crippen LogP contribution in [0.5, 0.6) is 5.75 Å². The van der Waals surface area contributed by atoms with Gasteiger partial charge in [0.2, 0.25) is 0 Å². The highest BCUT2D eigenvalue weighted by molar-refractivity contribution is 6.34. The van der Waals surface area contributed by atoms with Crippen molar-refractivity contribution in [3.8, 4) is 16.9 Å². The van der Waals surface area contributed by atoms with Gasteiger partial charge in [0, 0.05) is 29.9 Å². The topological polar surface area (TPSA) is 79.2 Å². The largest absolute Gasteiger partial charge is 0.495 e. The molecule has 1 heterocycles. The van der Waals surface area contributed by atoms with Gasteiger partial charge in [0.05, 0.1) is 24.2 Å². The second-order valence-corrected chi connectivity index (χ2v) is 8.99. The summed E-state index contributed by atoms with van der Waals surface area (Å²) in [7, 11) is 1.48. The van der Waals surface area contributed by atoms with Crippen molar-refractivity contribution in [2.24, 2.45) is 11.7 Å². The van der Waals surface area contributed by atoms with E-state index >= 15 is 0 Å². The van der Waals surface area contributed by atoms with Crippen LogP contribution in [-0.2, 0) is 13.1 Å². The van der Waals surface area contributed by atoms with E-state index in [1.165, 1.54) is 23.9 Å². The Kier molecular flexibility index (Phi) is 7.76. The van der Waals surface area contributed by atoms with Gasteiger partial charge in [-0.1, -0.05) is 49.7 Å². The van der Waals surface area contributed by atoms with Crippen molar-refractivity contribution in [1.29, 1.82) is 0 Å². The second-order valence-electron chi connectivity index (χ2n) is 8.62. The molecule has 0 amide bonds. The maximum atomic E-state index is 14.5. The summed E-state index contributed by atoms with van der Waals surface area (Å²) in [5.74, 6) is 0.284. The van der Waals surface area contributed by atoms with Crippen molar-refractivity contribution in [2.75, 3.05) is 7.11 Å². The number of nitrogens with two attached hydrogens (primary N) is 1. The normalized spacial score (nSPS) is 12.2. The van der Waals surface area contributed by atoms with Gasteiger partial charge in [-0.2, -0.15) is 0 Å². The molecule has 176 valence electrons. The molecule has 0 radical (unpaired) electrons. The average molecular weight is 474 g/mol. The van der Waals surface area contributed by atoms with Crippen molar-refractivity contribution < 1.29 is 9.13 Å². The van der Waals surface area contributed by atoms with Gasteiger partial charge in [-0.3, -0.25) is 13.9 Å². The summed E-state index contributed by atoms with van der Waals surface area (Å²) in [5.41, 5.74) is 6.90. The summed E-state index contributed by atoms with van der Waals surface area (Å²) in [6, 6.07) is 9.43. The van der Waals surface area contributed by atoms with Gasteiger partial charge < -0.3 is 10.5 Å². The van der Waals surface area contributed by atoms with E-state index in [9.17, 15) is 14.0 Å². The first-order chi connectivity index (χ1) is 15.6. The number of hydrogen-bond acceptors (Lipinski definition) is 4. The highest BCUT2D eigenvalue weighted by Gasteiger charge is 2.20. The molecule has 3 aromatic rings. The Morgan fingerprint density at radius 2 is 1.82 bits per heavy atom. The minimum Gasteiger partial charge on any atom is -0.495 e. The van der Waals surface area contributed by atoms with Crippen molar-refractivity contribution in [2.45, 2.75) is 46.3 Å².